The molecule has 2 aromatic rings. The van der Waals surface area contributed by atoms with Crippen molar-refractivity contribution >= 4 is 11.8 Å². The summed E-state index contributed by atoms with van der Waals surface area (Å²) in [7, 11) is 0. The summed E-state index contributed by atoms with van der Waals surface area (Å²) in [6, 6.07) is 19.4. The van der Waals surface area contributed by atoms with Crippen molar-refractivity contribution in [1.82, 2.24) is 0 Å². The fourth-order valence-corrected chi connectivity index (χ4v) is 3.39. The Morgan fingerprint density at radius 3 is 2.53 bits per heavy atom. The molecule has 0 amide bonds. The highest BCUT2D eigenvalue weighted by atomic mass is 32.2. The number of thioether (sulfide) groups is 1. The molecule has 0 aliphatic rings. The van der Waals surface area contributed by atoms with Crippen molar-refractivity contribution in [1.29, 1.82) is 0 Å². The number of aryl methyl sites for hydroxylation is 1. The smallest absolute Gasteiger partial charge is 0.0312 e. The van der Waals surface area contributed by atoms with Crippen LogP contribution >= 0.6 is 11.8 Å². The van der Waals surface area contributed by atoms with E-state index in [1.54, 1.807) is 0 Å². The van der Waals surface area contributed by atoms with Crippen molar-refractivity contribution < 1.29 is 0 Å². The highest BCUT2D eigenvalue weighted by Crippen LogP contribution is 2.34. The summed E-state index contributed by atoms with van der Waals surface area (Å²) in [6.07, 6.45) is 1.03. The van der Waals surface area contributed by atoms with Gasteiger partial charge in [-0.15, -0.1) is 11.8 Å². The van der Waals surface area contributed by atoms with Gasteiger partial charge >= 0.3 is 0 Å². The zero-order valence-electron chi connectivity index (χ0n) is 11.4. The first-order valence-corrected chi connectivity index (χ1v) is 7.76. The molecule has 19 heavy (non-hydrogen) atoms. The molecule has 0 fully saturated rings. The Morgan fingerprint density at radius 2 is 1.84 bits per heavy atom. The second-order valence-electron chi connectivity index (χ2n) is 4.78. The predicted molar refractivity (Wildman–Crippen MR) is 85.3 cm³/mol. The van der Waals surface area contributed by atoms with E-state index in [4.69, 9.17) is 5.73 Å². The highest BCUT2D eigenvalue weighted by molar-refractivity contribution is 7.98. The molecule has 2 rings (SSSR count). The lowest BCUT2D eigenvalue weighted by Gasteiger charge is -2.16. The maximum absolute atomic E-state index is 5.75. The quantitative estimate of drug-likeness (QED) is 0.847. The van der Waals surface area contributed by atoms with Gasteiger partial charge in [-0.1, -0.05) is 60.2 Å². The predicted octanol–water partition coefficient (Wildman–Crippen LogP) is 4.32. The van der Waals surface area contributed by atoms with E-state index in [0.717, 1.165) is 18.7 Å². The molecule has 0 aromatic heterocycles. The largest absolute Gasteiger partial charge is 0.330 e. The van der Waals surface area contributed by atoms with Crippen LogP contribution in [0.5, 0.6) is 0 Å². The standard InChI is InChI=1S/C17H21NS/c1-14-6-5-7-15(12-14)13-19-17(10-11-18)16-8-3-2-4-9-16/h2-9,12,17H,10-11,13,18H2,1H3. The van der Waals surface area contributed by atoms with E-state index < -0.39 is 0 Å². The van der Waals surface area contributed by atoms with E-state index in [1.807, 2.05) is 11.8 Å². The summed E-state index contributed by atoms with van der Waals surface area (Å²) in [6.45, 7) is 2.88. The molecule has 0 saturated heterocycles. The summed E-state index contributed by atoms with van der Waals surface area (Å²) in [5.41, 5.74) is 9.85. The van der Waals surface area contributed by atoms with Crippen LogP contribution in [0.15, 0.2) is 54.6 Å². The van der Waals surface area contributed by atoms with E-state index in [9.17, 15) is 0 Å². The average Bonchev–Trinajstić information content (AvgIpc) is 2.44. The van der Waals surface area contributed by atoms with Crippen LogP contribution in [0, 0.1) is 6.92 Å². The summed E-state index contributed by atoms with van der Waals surface area (Å²) < 4.78 is 0. The van der Waals surface area contributed by atoms with Crippen LogP contribution in [0.1, 0.15) is 28.4 Å². The maximum Gasteiger partial charge on any atom is 0.0312 e. The van der Waals surface area contributed by atoms with Crippen molar-refractivity contribution in [3.05, 3.63) is 71.3 Å². The van der Waals surface area contributed by atoms with Gasteiger partial charge in [0.05, 0.1) is 0 Å². The molecule has 0 aliphatic carbocycles. The van der Waals surface area contributed by atoms with Gasteiger partial charge in [0.15, 0.2) is 0 Å². The molecule has 2 N–H and O–H groups in total. The Kier molecular flexibility index (Phi) is 5.49. The minimum atomic E-state index is 0.492. The summed E-state index contributed by atoms with van der Waals surface area (Å²) in [5.74, 6) is 1.04. The molecule has 2 heteroatoms. The van der Waals surface area contributed by atoms with Crippen molar-refractivity contribution in [2.75, 3.05) is 6.54 Å². The molecule has 0 spiro atoms. The first kappa shape index (κ1) is 14.2. The minimum absolute atomic E-state index is 0.492. The van der Waals surface area contributed by atoms with E-state index >= 15 is 0 Å². The molecular weight excluding hydrogens is 250 g/mol. The third-order valence-corrected chi connectivity index (χ3v) is 4.54. The first-order valence-electron chi connectivity index (χ1n) is 6.72. The molecule has 1 atom stereocenters. The lowest BCUT2D eigenvalue weighted by Crippen LogP contribution is -2.05. The van der Waals surface area contributed by atoms with Gasteiger partial charge in [-0.05, 0) is 31.0 Å². The Labute approximate surface area is 120 Å². The monoisotopic (exact) mass is 271 g/mol. The molecule has 2 aromatic carbocycles. The second-order valence-corrected chi connectivity index (χ2v) is 5.97. The minimum Gasteiger partial charge on any atom is -0.330 e. The van der Waals surface area contributed by atoms with Crippen molar-refractivity contribution in [2.45, 2.75) is 24.3 Å². The van der Waals surface area contributed by atoms with Gasteiger partial charge in [0.1, 0.15) is 0 Å². The SMILES string of the molecule is Cc1cccc(CSC(CCN)c2ccccc2)c1. The van der Waals surface area contributed by atoms with Crippen molar-refractivity contribution in [3.8, 4) is 0 Å². The van der Waals surface area contributed by atoms with Gasteiger partial charge in [-0.2, -0.15) is 0 Å². The van der Waals surface area contributed by atoms with Crippen LogP contribution in [-0.2, 0) is 5.75 Å². The number of benzene rings is 2. The van der Waals surface area contributed by atoms with E-state index in [2.05, 4.69) is 61.5 Å². The molecule has 100 valence electrons. The Bertz CT molecular complexity index is 496. The molecule has 0 saturated carbocycles. The lowest BCUT2D eigenvalue weighted by molar-refractivity contribution is 0.814. The van der Waals surface area contributed by atoms with Crippen LogP contribution in [0.3, 0.4) is 0 Å². The number of hydrogen-bond donors (Lipinski definition) is 1. The van der Waals surface area contributed by atoms with Crippen LogP contribution in [-0.4, -0.2) is 6.54 Å². The van der Waals surface area contributed by atoms with Gasteiger partial charge in [0.2, 0.25) is 0 Å². The van der Waals surface area contributed by atoms with Gasteiger partial charge < -0.3 is 5.73 Å². The second kappa shape index (κ2) is 7.37. The fourth-order valence-electron chi connectivity index (χ4n) is 2.16. The van der Waals surface area contributed by atoms with Crippen molar-refractivity contribution in [2.24, 2.45) is 5.73 Å². The van der Waals surface area contributed by atoms with Gasteiger partial charge in [-0.3, -0.25) is 0 Å². The number of rotatable bonds is 6. The van der Waals surface area contributed by atoms with E-state index in [-0.39, 0.29) is 0 Å². The maximum atomic E-state index is 5.75. The molecule has 0 radical (unpaired) electrons. The lowest BCUT2D eigenvalue weighted by atomic mass is 10.1. The average molecular weight is 271 g/mol. The van der Waals surface area contributed by atoms with E-state index in [1.165, 1.54) is 16.7 Å². The van der Waals surface area contributed by atoms with Gasteiger partial charge in [0, 0.05) is 11.0 Å². The zero-order chi connectivity index (χ0) is 13.5. The van der Waals surface area contributed by atoms with Crippen LogP contribution in [0.25, 0.3) is 0 Å². The summed E-state index contributed by atoms with van der Waals surface area (Å²) >= 11 is 1.98. The molecule has 1 unspecified atom stereocenters. The third kappa shape index (κ3) is 4.41. The van der Waals surface area contributed by atoms with E-state index in [0.29, 0.717) is 5.25 Å². The summed E-state index contributed by atoms with van der Waals surface area (Å²) in [5, 5.41) is 0.492. The van der Waals surface area contributed by atoms with Gasteiger partial charge in [-0.25, -0.2) is 0 Å². The zero-order valence-corrected chi connectivity index (χ0v) is 12.2. The van der Waals surface area contributed by atoms with Crippen molar-refractivity contribution in [3.63, 3.8) is 0 Å². The molecule has 0 aliphatic heterocycles. The Morgan fingerprint density at radius 1 is 1.05 bits per heavy atom. The highest BCUT2D eigenvalue weighted by Gasteiger charge is 2.11. The fraction of sp³-hybridized carbons (Fsp3) is 0.294. The molecular formula is C17H21NS. The number of hydrogen-bond acceptors (Lipinski definition) is 2. The normalized spacial score (nSPS) is 12.3. The van der Waals surface area contributed by atoms with Crippen LogP contribution in [0.2, 0.25) is 0 Å². The van der Waals surface area contributed by atoms with Crippen LogP contribution < -0.4 is 5.73 Å². The molecule has 0 bridgehead atoms. The van der Waals surface area contributed by atoms with Crippen LogP contribution in [0.4, 0.5) is 0 Å². The Balaban J connectivity index is 2.01. The topological polar surface area (TPSA) is 26.0 Å². The molecule has 1 nitrogen and oxygen atoms in total. The third-order valence-electron chi connectivity index (χ3n) is 3.13. The Hall–Kier alpha value is -1.25. The first-order chi connectivity index (χ1) is 9.29. The summed E-state index contributed by atoms with van der Waals surface area (Å²) in [4.78, 5) is 0. The molecule has 0 heterocycles. The number of nitrogens with two attached hydrogens (primary N) is 1. The van der Waals surface area contributed by atoms with Gasteiger partial charge in [0.25, 0.3) is 0 Å².